The lowest BCUT2D eigenvalue weighted by molar-refractivity contribution is 0.0982. The number of piperidine rings is 1. The van der Waals surface area contributed by atoms with Crippen LogP contribution in [0.15, 0.2) is 65.4 Å². The molecule has 6 rings (SSSR count). The highest BCUT2D eigenvalue weighted by molar-refractivity contribution is 9.10. The summed E-state index contributed by atoms with van der Waals surface area (Å²) in [7, 11) is 3.90. The molecule has 0 spiro atoms. The number of likely N-dealkylation sites (N-methyl/N-ethyl adjacent to an activating group) is 1. The Hall–Kier alpha value is -3.47. The number of fused-ring (bicyclic) bond motifs is 1. The molecule has 2 aromatic carbocycles. The van der Waals surface area contributed by atoms with Crippen molar-refractivity contribution in [3.63, 3.8) is 0 Å². The zero-order valence-corrected chi connectivity index (χ0v) is 24.5. The molecule has 2 fully saturated rings. The normalized spacial score (nSPS) is 17.2. The highest BCUT2D eigenvalue weighted by atomic mass is 79.9. The maximum Gasteiger partial charge on any atom is 0.238 e. The maximum absolute atomic E-state index is 6.09. The Kier molecular flexibility index (Phi) is 7.99. The second-order valence-electron chi connectivity index (χ2n) is 10.4. The van der Waals surface area contributed by atoms with Crippen LogP contribution in [0.1, 0.15) is 12.8 Å². The fourth-order valence-electron chi connectivity index (χ4n) is 5.48. The van der Waals surface area contributed by atoms with Crippen LogP contribution in [0.2, 0.25) is 0 Å². The Balaban J connectivity index is 1.12. The Morgan fingerprint density at radius 3 is 2.58 bits per heavy atom. The summed E-state index contributed by atoms with van der Waals surface area (Å²) in [5.41, 5.74) is 2.82. The van der Waals surface area contributed by atoms with E-state index in [0.717, 1.165) is 35.4 Å². The summed E-state index contributed by atoms with van der Waals surface area (Å²) in [6.07, 6.45) is 5.82. The van der Waals surface area contributed by atoms with Crippen LogP contribution in [-0.4, -0.2) is 84.2 Å². The van der Waals surface area contributed by atoms with Crippen molar-refractivity contribution in [2.24, 2.45) is 0 Å². The Morgan fingerprint density at radius 1 is 0.950 bits per heavy atom. The molecule has 0 unspecified atom stereocenters. The summed E-state index contributed by atoms with van der Waals surface area (Å²) < 4.78 is 12.5. The molecule has 4 aromatic rings. The number of ether oxygens (including phenoxy) is 2. The van der Waals surface area contributed by atoms with Crippen LogP contribution < -0.4 is 19.7 Å². The Morgan fingerprint density at radius 2 is 1.77 bits per heavy atom. The monoisotopic (exact) mass is 603 g/mol. The molecule has 10 heteroatoms. The standard InChI is InChI=1S/C30H34BrN7O2/c1-36-14-16-38(17-15-36)22-9-12-37(13-10-22)23-6-8-26(28(18-23)39-2)34-30-33-20-25(31)29(35-30)40-24-7-5-21-4-3-11-32-27(21)19-24/h3-8,11,18-20,22H,9-10,12-17H2,1-2H3,(H,33,34,35). The number of rotatable bonds is 7. The fourth-order valence-corrected chi connectivity index (χ4v) is 5.75. The maximum atomic E-state index is 6.09. The van der Waals surface area contributed by atoms with Gasteiger partial charge in [-0.25, -0.2) is 4.98 Å². The van der Waals surface area contributed by atoms with E-state index in [2.05, 4.69) is 70.1 Å². The van der Waals surface area contributed by atoms with E-state index in [1.54, 1.807) is 19.5 Å². The van der Waals surface area contributed by atoms with E-state index in [9.17, 15) is 0 Å². The van der Waals surface area contributed by atoms with Gasteiger partial charge in [0.15, 0.2) is 0 Å². The van der Waals surface area contributed by atoms with Crippen LogP contribution in [0.5, 0.6) is 17.4 Å². The van der Waals surface area contributed by atoms with E-state index in [0.29, 0.717) is 28.1 Å². The van der Waals surface area contributed by atoms with Gasteiger partial charge in [0, 0.05) is 74.7 Å². The Bertz CT molecular complexity index is 1470. The minimum absolute atomic E-state index is 0.409. The number of nitrogens with zero attached hydrogens (tertiary/aromatic N) is 6. The van der Waals surface area contributed by atoms with E-state index in [4.69, 9.17) is 9.47 Å². The molecule has 40 heavy (non-hydrogen) atoms. The van der Waals surface area contributed by atoms with Gasteiger partial charge in [0.25, 0.3) is 0 Å². The predicted octanol–water partition coefficient (Wildman–Crippen LogP) is 5.55. The highest BCUT2D eigenvalue weighted by Gasteiger charge is 2.27. The number of halogens is 1. The smallest absolute Gasteiger partial charge is 0.238 e. The van der Waals surface area contributed by atoms with Crippen molar-refractivity contribution in [2.45, 2.75) is 18.9 Å². The Labute approximate surface area is 243 Å². The molecule has 4 heterocycles. The van der Waals surface area contributed by atoms with Gasteiger partial charge < -0.3 is 24.6 Å². The summed E-state index contributed by atoms with van der Waals surface area (Å²) in [5, 5.41) is 4.35. The topological polar surface area (TPSA) is 78.9 Å². The van der Waals surface area contributed by atoms with Crippen molar-refractivity contribution in [1.29, 1.82) is 0 Å². The highest BCUT2D eigenvalue weighted by Crippen LogP contribution is 2.35. The molecule has 2 aliphatic rings. The summed E-state index contributed by atoms with van der Waals surface area (Å²) in [6, 6.07) is 16.7. The second-order valence-corrected chi connectivity index (χ2v) is 11.2. The third-order valence-electron chi connectivity index (χ3n) is 7.82. The minimum atomic E-state index is 0.409. The van der Waals surface area contributed by atoms with Crippen LogP contribution in [-0.2, 0) is 0 Å². The summed E-state index contributed by atoms with van der Waals surface area (Å²) in [6.45, 7) is 6.80. The molecule has 0 atom stereocenters. The van der Waals surface area contributed by atoms with Crippen molar-refractivity contribution < 1.29 is 9.47 Å². The zero-order valence-electron chi connectivity index (χ0n) is 22.9. The number of nitrogens with one attached hydrogen (secondary N) is 1. The number of hydrogen-bond donors (Lipinski definition) is 1. The number of methoxy groups -OCH3 is 1. The predicted molar refractivity (Wildman–Crippen MR) is 162 cm³/mol. The van der Waals surface area contributed by atoms with Crippen molar-refractivity contribution in [2.75, 3.05) is 63.6 Å². The average molecular weight is 605 g/mol. The number of hydrogen-bond acceptors (Lipinski definition) is 9. The van der Waals surface area contributed by atoms with Gasteiger partial charge in [-0.15, -0.1) is 0 Å². The SMILES string of the molecule is COc1cc(N2CCC(N3CCN(C)CC3)CC2)ccc1Nc1ncc(Br)c(Oc2ccc3cccnc3c2)n1. The second kappa shape index (κ2) is 12.0. The van der Waals surface area contributed by atoms with Gasteiger partial charge in [-0.2, -0.15) is 4.98 Å². The molecule has 2 saturated heterocycles. The molecule has 0 radical (unpaired) electrons. The number of piperazine rings is 1. The summed E-state index contributed by atoms with van der Waals surface area (Å²) in [5.74, 6) is 2.21. The van der Waals surface area contributed by atoms with E-state index >= 15 is 0 Å². The van der Waals surface area contributed by atoms with Crippen molar-refractivity contribution >= 4 is 44.2 Å². The van der Waals surface area contributed by atoms with E-state index in [1.165, 1.54) is 44.7 Å². The van der Waals surface area contributed by atoms with Crippen LogP contribution in [0, 0.1) is 0 Å². The molecule has 0 aliphatic carbocycles. The van der Waals surface area contributed by atoms with Crippen molar-refractivity contribution in [3.05, 3.63) is 65.4 Å². The molecule has 9 nitrogen and oxygen atoms in total. The van der Waals surface area contributed by atoms with Gasteiger partial charge in [0.1, 0.15) is 11.5 Å². The van der Waals surface area contributed by atoms with Gasteiger partial charge in [-0.3, -0.25) is 9.88 Å². The van der Waals surface area contributed by atoms with Gasteiger partial charge in [0.2, 0.25) is 11.8 Å². The average Bonchev–Trinajstić information content (AvgIpc) is 2.99. The molecule has 208 valence electrons. The van der Waals surface area contributed by atoms with Gasteiger partial charge in [0.05, 0.1) is 29.0 Å². The lowest BCUT2D eigenvalue weighted by atomic mass is 10.0. The largest absolute Gasteiger partial charge is 0.494 e. The van der Waals surface area contributed by atoms with Crippen LogP contribution >= 0.6 is 15.9 Å². The third-order valence-corrected chi connectivity index (χ3v) is 8.36. The quantitative estimate of drug-likeness (QED) is 0.292. The molecule has 0 amide bonds. The molecule has 2 aromatic heterocycles. The first kappa shape index (κ1) is 26.7. The zero-order chi connectivity index (χ0) is 27.5. The molecule has 0 saturated carbocycles. The van der Waals surface area contributed by atoms with Gasteiger partial charge >= 0.3 is 0 Å². The van der Waals surface area contributed by atoms with E-state index in [-0.39, 0.29) is 0 Å². The first-order valence-corrected chi connectivity index (χ1v) is 14.5. The van der Waals surface area contributed by atoms with Crippen LogP contribution in [0.25, 0.3) is 10.9 Å². The van der Waals surface area contributed by atoms with E-state index in [1.807, 2.05) is 36.4 Å². The molecular weight excluding hydrogens is 570 g/mol. The number of pyridine rings is 1. The first-order chi connectivity index (χ1) is 19.6. The van der Waals surface area contributed by atoms with Gasteiger partial charge in [-0.1, -0.05) is 6.07 Å². The summed E-state index contributed by atoms with van der Waals surface area (Å²) >= 11 is 3.51. The lowest BCUT2D eigenvalue weighted by Gasteiger charge is -2.42. The first-order valence-electron chi connectivity index (χ1n) is 13.7. The minimum Gasteiger partial charge on any atom is -0.494 e. The van der Waals surface area contributed by atoms with Crippen molar-refractivity contribution in [1.82, 2.24) is 24.8 Å². The molecular formula is C30H34BrN7O2. The molecule has 1 N–H and O–H groups in total. The van der Waals surface area contributed by atoms with E-state index < -0.39 is 0 Å². The van der Waals surface area contributed by atoms with Crippen LogP contribution in [0.3, 0.4) is 0 Å². The number of aromatic nitrogens is 3. The van der Waals surface area contributed by atoms with Gasteiger partial charge in [-0.05, 0) is 66.2 Å². The molecule has 0 bridgehead atoms. The summed E-state index contributed by atoms with van der Waals surface area (Å²) in [4.78, 5) is 21.0. The lowest BCUT2D eigenvalue weighted by Crippen LogP contribution is -2.52. The van der Waals surface area contributed by atoms with Crippen molar-refractivity contribution in [3.8, 4) is 17.4 Å². The third kappa shape index (κ3) is 5.99. The fraction of sp³-hybridized carbons (Fsp3) is 0.367. The van der Waals surface area contributed by atoms with Crippen LogP contribution in [0.4, 0.5) is 17.3 Å². The number of anilines is 3. The number of benzene rings is 2. The molecule has 2 aliphatic heterocycles.